The van der Waals surface area contributed by atoms with Crippen LogP contribution in [-0.4, -0.2) is 11.9 Å². The Morgan fingerprint density at radius 1 is 1.23 bits per heavy atom. The van der Waals surface area contributed by atoms with Crippen LogP contribution in [-0.2, 0) is 11.0 Å². The van der Waals surface area contributed by atoms with Gasteiger partial charge in [0.2, 0.25) is 5.91 Å². The summed E-state index contributed by atoms with van der Waals surface area (Å²) in [5.41, 5.74) is 6.04. The standard InChI is InChI=1S/C19H25F3N2O.ClH/c1-11(12-4-3-7-16(10-12)19(20,21)22)24-18(25)15-8-13-5-2-6-14(9-15)17(13)23;/h3-4,7,10-11,13-15,17H,2,5-6,8-9,23H2,1H3,(H,24,25);1H. The van der Waals surface area contributed by atoms with E-state index < -0.39 is 17.8 Å². The summed E-state index contributed by atoms with van der Waals surface area (Å²) in [6, 6.07) is 4.89. The lowest BCUT2D eigenvalue weighted by atomic mass is 9.65. The summed E-state index contributed by atoms with van der Waals surface area (Å²) in [4.78, 5) is 12.6. The zero-order chi connectivity index (χ0) is 18.2. The minimum atomic E-state index is -4.38. The molecular weight excluding hydrogens is 365 g/mol. The van der Waals surface area contributed by atoms with Crippen molar-refractivity contribution in [2.45, 2.75) is 57.3 Å². The highest BCUT2D eigenvalue weighted by Gasteiger charge is 2.40. The number of hydrogen-bond donors (Lipinski definition) is 2. The van der Waals surface area contributed by atoms with Crippen molar-refractivity contribution in [3.05, 3.63) is 35.4 Å². The van der Waals surface area contributed by atoms with Crippen molar-refractivity contribution in [2.24, 2.45) is 23.5 Å². The van der Waals surface area contributed by atoms with Gasteiger partial charge in [-0.15, -0.1) is 12.4 Å². The van der Waals surface area contributed by atoms with Crippen LogP contribution in [0.25, 0.3) is 0 Å². The molecule has 7 heteroatoms. The van der Waals surface area contributed by atoms with Crippen molar-refractivity contribution >= 4 is 18.3 Å². The molecule has 0 aliphatic heterocycles. The number of amides is 1. The number of hydrogen-bond acceptors (Lipinski definition) is 2. The quantitative estimate of drug-likeness (QED) is 0.800. The lowest BCUT2D eigenvalue weighted by Gasteiger charge is -2.43. The first-order chi connectivity index (χ1) is 11.8. The highest BCUT2D eigenvalue weighted by Crippen LogP contribution is 2.42. The Morgan fingerprint density at radius 2 is 1.85 bits per heavy atom. The summed E-state index contributed by atoms with van der Waals surface area (Å²) in [6.07, 6.45) is 0.529. The number of halogens is 4. The van der Waals surface area contributed by atoms with E-state index in [0.717, 1.165) is 37.8 Å². The van der Waals surface area contributed by atoms with Crippen molar-refractivity contribution in [2.75, 3.05) is 0 Å². The van der Waals surface area contributed by atoms with Crippen LogP contribution in [0.3, 0.4) is 0 Å². The van der Waals surface area contributed by atoms with E-state index in [4.69, 9.17) is 5.73 Å². The Hall–Kier alpha value is -1.27. The maximum atomic E-state index is 12.9. The van der Waals surface area contributed by atoms with Gasteiger partial charge in [0.05, 0.1) is 11.6 Å². The van der Waals surface area contributed by atoms with Gasteiger partial charge in [0.25, 0.3) is 0 Å². The summed E-state index contributed by atoms with van der Waals surface area (Å²) in [6.45, 7) is 1.72. The molecule has 0 radical (unpaired) electrons. The van der Waals surface area contributed by atoms with E-state index in [2.05, 4.69) is 5.32 Å². The highest BCUT2D eigenvalue weighted by molar-refractivity contribution is 5.85. The van der Waals surface area contributed by atoms with Gasteiger partial charge in [-0.2, -0.15) is 13.2 Å². The molecule has 1 amide bonds. The van der Waals surface area contributed by atoms with E-state index in [1.54, 1.807) is 13.0 Å². The Kier molecular flexibility index (Phi) is 6.61. The van der Waals surface area contributed by atoms with E-state index in [1.807, 2.05) is 0 Å². The third-order valence-electron chi connectivity index (χ3n) is 5.86. The van der Waals surface area contributed by atoms with Gasteiger partial charge in [0, 0.05) is 12.0 Å². The molecule has 1 aromatic carbocycles. The molecule has 3 rings (SSSR count). The average Bonchev–Trinajstić information content (AvgIpc) is 2.53. The van der Waals surface area contributed by atoms with Crippen molar-refractivity contribution in [3.8, 4) is 0 Å². The van der Waals surface area contributed by atoms with Crippen LogP contribution in [0.4, 0.5) is 13.2 Å². The van der Waals surface area contributed by atoms with Crippen molar-refractivity contribution in [3.63, 3.8) is 0 Å². The minimum Gasteiger partial charge on any atom is -0.349 e. The first kappa shape index (κ1) is 21.0. The normalized spacial score (nSPS) is 29.4. The van der Waals surface area contributed by atoms with Crippen LogP contribution in [0, 0.1) is 17.8 Å². The lowest BCUT2D eigenvalue weighted by Crippen LogP contribution is -2.49. The maximum Gasteiger partial charge on any atom is 0.416 e. The third kappa shape index (κ3) is 4.52. The molecule has 0 aromatic heterocycles. The molecule has 26 heavy (non-hydrogen) atoms. The largest absolute Gasteiger partial charge is 0.416 e. The summed E-state index contributed by atoms with van der Waals surface area (Å²) < 4.78 is 38.6. The molecule has 146 valence electrons. The molecule has 3 atom stereocenters. The highest BCUT2D eigenvalue weighted by atomic mass is 35.5. The van der Waals surface area contributed by atoms with Crippen molar-refractivity contribution in [1.29, 1.82) is 0 Å². The van der Waals surface area contributed by atoms with E-state index in [9.17, 15) is 18.0 Å². The second-order valence-electron chi connectivity index (χ2n) is 7.55. The van der Waals surface area contributed by atoms with Gasteiger partial charge in [-0.25, -0.2) is 0 Å². The predicted molar refractivity (Wildman–Crippen MR) is 96.8 cm³/mol. The zero-order valence-electron chi connectivity index (χ0n) is 14.8. The smallest absolute Gasteiger partial charge is 0.349 e. The van der Waals surface area contributed by atoms with Crippen molar-refractivity contribution < 1.29 is 18.0 Å². The molecule has 3 nitrogen and oxygen atoms in total. The van der Waals surface area contributed by atoms with Gasteiger partial charge < -0.3 is 11.1 Å². The van der Waals surface area contributed by atoms with Gasteiger partial charge in [-0.1, -0.05) is 18.6 Å². The molecule has 3 unspecified atom stereocenters. The van der Waals surface area contributed by atoms with Gasteiger partial charge in [-0.05, 0) is 62.1 Å². The summed E-state index contributed by atoms with van der Waals surface area (Å²) in [5.74, 6) is 0.649. The molecule has 2 saturated carbocycles. The maximum absolute atomic E-state index is 12.9. The minimum absolute atomic E-state index is 0. The summed E-state index contributed by atoms with van der Waals surface area (Å²) in [7, 11) is 0. The first-order valence-corrected chi connectivity index (χ1v) is 8.99. The van der Waals surface area contributed by atoms with Gasteiger partial charge >= 0.3 is 6.18 Å². The van der Waals surface area contributed by atoms with Crippen LogP contribution >= 0.6 is 12.4 Å². The molecule has 1 aromatic rings. The van der Waals surface area contributed by atoms with Crippen LogP contribution in [0.2, 0.25) is 0 Å². The number of carbonyl (C=O) groups is 1. The predicted octanol–water partition coefficient (Wildman–Crippen LogP) is 4.46. The van der Waals surface area contributed by atoms with Gasteiger partial charge in [-0.3, -0.25) is 4.79 Å². The Bertz CT molecular complexity index is 623. The van der Waals surface area contributed by atoms with Crippen LogP contribution in [0.1, 0.15) is 56.2 Å². The molecule has 0 saturated heterocycles. The Labute approximate surface area is 158 Å². The summed E-state index contributed by atoms with van der Waals surface area (Å²) >= 11 is 0. The van der Waals surface area contributed by atoms with Gasteiger partial charge in [0.1, 0.15) is 0 Å². The second-order valence-corrected chi connectivity index (χ2v) is 7.55. The lowest BCUT2D eigenvalue weighted by molar-refractivity contribution is -0.137. The number of benzene rings is 1. The average molecular weight is 391 g/mol. The van der Waals surface area contributed by atoms with E-state index in [-0.39, 0.29) is 30.3 Å². The number of rotatable bonds is 3. The fourth-order valence-electron chi connectivity index (χ4n) is 4.40. The summed E-state index contributed by atoms with van der Waals surface area (Å²) in [5, 5.41) is 2.90. The first-order valence-electron chi connectivity index (χ1n) is 8.99. The third-order valence-corrected chi connectivity index (χ3v) is 5.86. The number of carbonyl (C=O) groups excluding carboxylic acids is 1. The van der Waals surface area contributed by atoms with Crippen molar-refractivity contribution in [1.82, 2.24) is 5.32 Å². The fraction of sp³-hybridized carbons (Fsp3) is 0.632. The van der Waals surface area contributed by atoms with Crippen LogP contribution in [0.5, 0.6) is 0 Å². The second kappa shape index (κ2) is 8.17. The molecule has 2 bridgehead atoms. The molecule has 2 aliphatic rings. The van der Waals surface area contributed by atoms with Crippen LogP contribution < -0.4 is 11.1 Å². The SMILES string of the molecule is CC(NC(=O)C1CC2CCCC(C1)C2N)c1cccc(C(F)(F)F)c1.Cl. The fourth-order valence-corrected chi connectivity index (χ4v) is 4.40. The monoisotopic (exact) mass is 390 g/mol. The number of nitrogens with one attached hydrogen (secondary N) is 1. The Balaban J connectivity index is 0.00000243. The molecule has 2 aliphatic carbocycles. The molecular formula is C19H26ClF3N2O. The Morgan fingerprint density at radius 3 is 2.42 bits per heavy atom. The van der Waals surface area contributed by atoms with E-state index >= 15 is 0 Å². The molecule has 0 heterocycles. The van der Waals surface area contributed by atoms with E-state index in [1.165, 1.54) is 12.5 Å². The molecule has 2 fully saturated rings. The molecule has 3 N–H and O–H groups in total. The topological polar surface area (TPSA) is 55.1 Å². The van der Waals surface area contributed by atoms with Gasteiger partial charge in [0.15, 0.2) is 0 Å². The van der Waals surface area contributed by atoms with E-state index in [0.29, 0.717) is 17.4 Å². The zero-order valence-corrected chi connectivity index (χ0v) is 15.6. The van der Waals surface area contributed by atoms with Crippen LogP contribution in [0.15, 0.2) is 24.3 Å². The number of alkyl halides is 3. The molecule has 0 spiro atoms. The number of fused-ring (bicyclic) bond motifs is 2. The number of nitrogens with two attached hydrogens (primary N) is 1.